The molecule has 1 unspecified atom stereocenters. The lowest BCUT2D eigenvalue weighted by atomic mass is 9.92. The van der Waals surface area contributed by atoms with E-state index < -0.39 is 53.8 Å². The summed E-state index contributed by atoms with van der Waals surface area (Å²) in [5, 5.41) is 9.24. The van der Waals surface area contributed by atoms with Gasteiger partial charge in [0.2, 0.25) is 5.75 Å². The fourth-order valence-electron chi connectivity index (χ4n) is 2.29. The van der Waals surface area contributed by atoms with Crippen molar-refractivity contribution in [1.82, 2.24) is 0 Å². The van der Waals surface area contributed by atoms with Crippen LogP contribution < -0.4 is 14.2 Å². The number of rotatable bonds is 8. The zero-order valence-electron chi connectivity index (χ0n) is 14.3. The molecule has 1 atom stereocenters. The number of hydrogen-bond donors (Lipinski definition) is 1. The summed E-state index contributed by atoms with van der Waals surface area (Å²) in [7, 11) is 0. The van der Waals surface area contributed by atoms with Crippen LogP contribution in [0.3, 0.4) is 0 Å². The summed E-state index contributed by atoms with van der Waals surface area (Å²) in [4.78, 5) is 11.4. The van der Waals surface area contributed by atoms with Crippen LogP contribution in [0.4, 0.5) is 39.5 Å². The highest BCUT2D eigenvalue weighted by Gasteiger charge is 2.43. The predicted octanol–water partition coefficient (Wildman–Crippen LogP) is 5.74. The largest absolute Gasteiger partial charge is 0.573 e. The molecular weight excluding hydrogens is 431 g/mol. The smallest absolute Gasteiger partial charge is 0.481 e. The molecule has 14 heteroatoms. The highest BCUT2D eigenvalue weighted by Crippen LogP contribution is 2.49. The minimum Gasteiger partial charge on any atom is -0.481 e. The van der Waals surface area contributed by atoms with Gasteiger partial charge in [-0.05, 0) is 12.5 Å². The van der Waals surface area contributed by atoms with E-state index in [9.17, 15) is 49.4 Å². The Morgan fingerprint density at radius 1 is 0.897 bits per heavy atom. The lowest BCUT2D eigenvalue weighted by molar-refractivity contribution is -0.293. The molecule has 1 N–H and O–H groups in total. The number of benzene rings is 1. The highest BCUT2D eigenvalue weighted by atomic mass is 19.4. The molecule has 29 heavy (non-hydrogen) atoms. The van der Waals surface area contributed by atoms with Gasteiger partial charge in [0.1, 0.15) is 0 Å². The number of carboxylic acids is 1. The average Bonchev–Trinajstić information content (AvgIpc) is 2.48. The molecule has 166 valence electrons. The van der Waals surface area contributed by atoms with Crippen molar-refractivity contribution in [3.63, 3.8) is 0 Å². The van der Waals surface area contributed by atoms with E-state index in [-0.39, 0.29) is 18.9 Å². The summed E-state index contributed by atoms with van der Waals surface area (Å²) in [5.74, 6) is -9.33. The van der Waals surface area contributed by atoms with E-state index >= 15 is 0 Å². The van der Waals surface area contributed by atoms with Crippen LogP contribution in [-0.4, -0.2) is 30.2 Å². The molecule has 0 amide bonds. The molecule has 0 aliphatic rings. The first-order valence-electron chi connectivity index (χ1n) is 7.71. The van der Waals surface area contributed by atoms with Crippen LogP contribution in [0.25, 0.3) is 0 Å². The average molecular weight is 444 g/mol. The van der Waals surface area contributed by atoms with E-state index in [4.69, 9.17) is 0 Å². The summed E-state index contributed by atoms with van der Waals surface area (Å²) in [6, 6.07) is 0.662. The van der Waals surface area contributed by atoms with E-state index in [0.717, 1.165) is 0 Å². The Hall–Kier alpha value is -2.54. The Bertz CT molecular complexity index is 710. The van der Waals surface area contributed by atoms with Crippen molar-refractivity contribution in [3.05, 3.63) is 17.7 Å². The molecule has 0 saturated carbocycles. The van der Waals surface area contributed by atoms with Gasteiger partial charge in [0, 0.05) is 5.56 Å². The third-order valence-corrected chi connectivity index (χ3v) is 3.29. The standard InChI is InChI=1S/C15H13F9O5/c1-2-3-4-8(12(25)26)7-5-6-9(27-13(16,17)18)11(29-15(22,23)24)10(7)28-14(19,20)21/h5-6,8H,2-4H2,1H3,(H,25,26). The highest BCUT2D eigenvalue weighted by molar-refractivity contribution is 5.78. The molecule has 1 rings (SSSR count). The molecular formula is C15H13F9O5. The van der Waals surface area contributed by atoms with E-state index in [0.29, 0.717) is 12.5 Å². The van der Waals surface area contributed by atoms with E-state index in [1.807, 2.05) is 0 Å². The van der Waals surface area contributed by atoms with Gasteiger partial charge in [0.15, 0.2) is 11.5 Å². The molecule has 5 nitrogen and oxygen atoms in total. The van der Waals surface area contributed by atoms with Crippen molar-refractivity contribution in [2.45, 2.75) is 51.2 Å². The first-order chi connectivity index (χ1) is 13.0. The molecule has 0 aliphatic carbocycles. The molecule has 0 heterocycles. The van der Waals surface area contributed by atoms with Gasteiger partial charge >= 0.3 is 25.1 Å². The molecule has 0 saturated heterocycles. The van der Waals surface area contributed by atoms with Crippen molar-refractivity contribution >= 4 is 5.97 Å². The molecule has 0 aromatic heterocycles. The predicted molar refractivity (Wildman–Crippen MR) is 76.4 cm³/mol. The van der Waals surface area contributed by atoms with Crippen molar-refractivity contribution in [2.24, 2.45) is 0 Å². The number of unbranched alkanes of at least 4 members (excludes halogenated alkanes) is 1. The fourth-order valence-corrected chi connectivity index (χ4v) is 2.29. The number of carbonyl (C=O) groups is 1. The van der Waals surface area contributed by atoms with Gasteiger partial charge in [-0.15, -0.1) is 39.5 Å². The van der Waals surface area contributed by atoms with Crippen LogP contribution >= 0.6 is 0 Å². The van der Waals surface area contributed by atoms with Crippen molar-refractivity contribution in [2.75, 3.05) is 0 Å². The fraction of sp³-hybridized carbons (Fsp3) is 0.533. The van der Waals surface area contributed by atoms with E-state index in [2.05, 4.69) is 14.2 Å². The number of alkyl halides is 9. The van der Waals surface area contributed by atoms with Crippen LogP contribution in [0.2, 0.25) is 0 Å². The van der Waals surface area contributed by atoms with Gasteiger partial charge < -0.3 is 19.3 Å². The molecule has 0 radical (unpaired) electrons. The van der Waals surface area contributed by atoms with E-state index in [1.165, 1.54) is 0 Å². The summed E-state index contributed by atoms with van der Waals surface area (Å²) >= 11 is 0. The number of ether oxygens (including phenoxy) is 3. The maximum Gasteiger partial charge on any atom is 0.573 e. The van der Waals surface area contributed by atoms with Crippen LogP contribution in [0.15, 0.2) is 12.1 Å². The molecule has 1 aromatic rings. The summed E-state index contributed by atoms with van der Waals surface area (Å²) in [5.41, 5.74) is -0.961. The lowest BCUT2D eigenvalue weighted by Crippen LogP contribution is -2.25. The number of hydrogen-bond acceptors (Lipinski definition) is 4. The monoisotopic (exact) mass is 444 g/mol. The van der Waals surface area contributed by atoms with Gasteiger partial charge in [0.25, 0.3) is 0 Å². The van der Waals surface area contributed by atoms with Gasteiger partial charge in [-0.1, -0.05) is 25.8 Å². The number of carboxylic acid groups (broad SMARTS) is 1. The van der Waals surface area contributed by atoms with Crippen LogP contribution in [-0.2, 0) is 4.79 Å². The van der Waals surface area contributed by atoms with Crippen molar-refractivity contribution in [1.29, 1.82) is 0 Å². The first-order valence-corrected chi connectivity index (χ1v) is 7.71. The quantitative estimate of drug-likeness (QED) is 0.518. The molecule has 0 aliphatic heterocycles. The Balaban J connectivity index is 3.74. The van der Waals surface area contributed by atoms with Gasteiger partial charge in [0.05, 0.1) is 5.92 Å². The molecule has 0 bridgehead atoms. The summed E-state index contributed by atoms with van der Waals surface area (Å²) < 4.78 is 124. The minimum absolute atomic E-state index is 0.138. The summed E-state index contributed by atoms with van der Waals surface area (Å²) in [6.07, 6.45) is -16.8. The van der Waals surface area contributed by atoms with Crippen LogP contribution in [0, 0.1) is 0 Å². The zero-order chi connectivity index (χ0) is 22.6. The maximum atomic E-state index is 12.8. The van der Waals surface area contributed by atoms with Gasteiger partial charge in [-0.3, -0.25) is 4.79 Å². The number of aliphatic carboxylic acids is 1. The third-order valence-electron chi connectivity index (χ3n) is 3.29. The Kier molecular flexibility index (Phi) is 7.49. The number of halogens is 9. The second-order valence-corrected chi connectivity index (χ2v) is 5.49. The van der Waals surface area contributed by atoms with Crippen molar-refractivity contribution < 1.29 is 63.6 Å². The topological polar surface area (TPSA) is 65.0 Å². The molecule has 0 spiro atoms. The van der Waals surface area contributed by atoms with Crippen LogP contribution in [0.1, 0.15) is 37.7 Å². The third kappa shape index (κ3) is 8.15. The van der Waals surface area contributed by atoms with Crippen molar-refractivity contribution in [3.8, 4) is 17.2 Å². The van der Waals surface area contributed by atoms with E-state index in [1.54, 1.807) is 6.92 Å². The zero-order valence-corrected chi connectivity index (χ0v) is 14.3. The summed E-state index contributed by atoms with van der Waals surface area (Å²) in [6.45, 7) is 1.60. The Morgan fingerprint density at radius 3 is 1.79 bits per heavy atom. The maximum absolute atomic E-state index is 12.8. The first kappa shape index (κ1) is 24.5. The second kappa shape index (κ2) is 8.86. The second-order valence-electron chi connectivity index (χ2n) is 5.49. The van der Waals surface area contributed by atoms with Gasteiger partial charge in [-0.2, -0.15) is 0 Å². The minimum atomic E-state index is -5.74. The molecule has 1 aromatic carbocycles. The van der Waals surface area contributed by atoms with Gasteiger partial charge in [-0.25, -0.2) is 0 Å². The lowest BCUT2D eigenvalue weighted by Gasteiger charge is -2.23. The Labute approximate surface area is 157 Å². The SMILES string of the molecule is CCCCC(C(=O)O)c1ccc(OC(F)(F)F)c(OC(F)(F)F)c1OC(F)(F)F. The molecule has 0 fully saturated rings. The normalized spacial score (nSPS) is 13.7. The van der Waals surface area contributed by atoms with Crippen LogP contribution in [0.5, 0.6) is 17.2 Å². The Morgan fingerprint density at radius 2 is 1.38 bits per heavy atom.